The molecule has 0 aliphatic heterocycles. The van der Waals surface area contributed by atoms with Crippen LogP contribution in [0, 0.1) is 6.92 Å². The van der Waals surface area contributed by atoms with Crippen molar-refractivity contribution >= 4 is 17.1 Å². The number of hydrogen-bond donors (Lipinski definition) is 0. The van der Waals surface area contributed by atoms with Crippen molar-refractivity contribution < 1.29 is 0 Å². The molecule has 0 N–H and O–H groups in total. The summed E-state index contributed by atoms with van der Waals surface area (Å²) >= 11 is 0. The molecule has 0 heterocycles. The molecule has 0 bridgehead atoms. The summed E-state index contributed by atoms with van der Waals surface area (Å²) in [5.74, 6) is 0. The van der Waals surface area contributed by atoms with Gasteiger partial charge >= 0.3 is 0 Å². The molecule has 1 nitrogen and oxygen atoms in total. The van der Waals surface area contributed by atoms with E-state index in [0.29, 0.717) is 0 Å². The summed E-state index contributed by atoms with van der Waals surface area (Å²) in [6.07, 6.45) is 0. The van der Waals surface area contributed by atoms with Crippen LogP contribution in [0.4, 0.5) is 17.1 Å². The minimum atomic E-state index is -0.348. The van der Waals surface area contributed by atoms with Crippen LogP contribution in [0.5, 0.6) is 0 Å². The quantitative estimate of drug-likeness (QED) is 0.169. The van der Waals surface area contributed by atoms with Gasteiger partial charge in [0.15, 0.2) is 0 Å². The lowest BCUT2D eigenvalue weighted by atomic mass is 9.70. The summed E-state index contributed by atoms with van der Waals surface area (Å²) in [5, 5.41) is 0. The molecular weight excluding hydrogens is 723 g/mol. The lowest BCUT2D eigenvalue weighted by Gasteiger charge is -2.30. The van der Waals surface area contributed by atoms with Crippen molar-refractivity contribution in [3.8, 4) is 55.6 Å². The van der Waals surface area contributed by atoms with Crippen LogP contribution in [0.15, 0.2) is 206 Å². The maximum absolute atomic E-state index is 2.46. The molecule has 0 saturated carbocycles. The van der Waals surface area contributed by atoms with Crippen molar-refractivity contribution in [1.29, 1.82) is 0 Å². The van der Waals surface area contributed by atoms with E-state index in [1.807, 2.05) is 0 Å². The molecule has 1 heteroatoms. The first-order chi connectivity index (χ1) is 29.4. The van der Waals surface area contributed by atoms with Crippen LogP contribution in [0.25, 0.3) is 55.6 Å². The molecule has 284 valence electrons. The fourth-order valence-electron chi connectivity index (χ4n) is 11.0. The van der Waals surface area contributed by atoms with E-state index >= 15 is 0 Å². The monoisotopic (exact) mass is 765 g/mol. The van der Waals surface area contributed by atoms with Crippen molar-refractivity contribution in [3.05, 3.63) is 245 Å². The third kappa shape index (κ3) is 4.87. The van der Waals surface area contributed by atoms with Crippen molar-refractivity contribution in [1.82, 2.24) is 0 Å². The molecule has 60 heavy (non-hydrogen) atoms. The van der Waals surface area contributed by atoms with E-state index in [2.05, 4.69) is 232 Å². The van der Waals surface area contributed by atoms with Gasteiger partial charge in [0, 0.05) is 22.5 Å². The van der Waals surface area contributed by atoms with Gasteiger partial charge in [-0.2, -0.15) is 0 Å². The Bertz CT molecular complexity index is 3140. The van der Waals surface area contributed by atoms with Crippen LogP contribution in [-0.2, 0) is 10.8 Å². The number of aryl methyl sites for hydroxylation is 1. The highest BCUT2D eigenvalue weighted by atomic mass is 15.1. The average Bonchev–Trinajstić information content (AvgIpc) is 3.85. The highest BCUT2D eigenvalue weighted by Gasteiger charge is 2.51. The summed E-state index contributed by atoms with van der Waals surface area (Å²) in [6.45, 7) is 6.96. The summed E-state index contributed by atoms with van der Waals surface area (Å²) in [5.41, 5.74) is 25.2. The van der Waals surface area contributed by atoms with Crippen LogP contribution >= 0.6 is 0 Å². The summed E-state index contributed by atoms with van der Waals surface area (Å²) < 4.78 is 0. The normalized spacial score (nSPS) is 14.2. The lowest BCUT2D eigenvalue weighted by Crippen LogP contribution is -2.25. The Labute approximate surface area is 352 Å². The van der Waals surface area contributed by atoms with Gasteiger partial charge in [-0.05, 0) is 144 Å². The second-order valence-corrected chi connectivity index (χ2v) is 17.4. The van der Waals surface area contributed by atoms with Gasteiger partial charge in [-0.15, -0.1) is 0 Å². The van der Waals surface area contributed by atoms with Gasteiger partial charge in [0.2, 0.25) is 0 Å². The largest absolute Gasteiger partial charge is 0.310 e. The second-order valence-electron chi connectivity index (χ2n) is 17.4. The van der Waals surface area contributed by atoms with E-state index < -0.39 is 0 Å². The summed E-state index contributed by atoms with van der Waals surface area (Å²) in [4.78, 5) is 2.45. The molecule has 0 aromatic heterocycles. The van der Waals surface area contributed by atoms with E-state index in [0.717, 1.165) is 17.1 Å². The highest BCUT2D eigenvalue weighted by Crippen LogP contribution is 2.63. The number of nitrogens with zero attached hydrogens (tertiary/aromatic N) is 1. The van der Waals surface area contributed by atoms with E-state index in [1.54, 1.807) is 0 Å². The zero-order chi connectivity index (χ0) is 40.2. The zero-order valence-corrected chi connectivity index (χ0v) is 34.1. The smallest absolute Gasteiger partial charge is 0.0725 e. The second kappa shape index (κ2) is 12.9. The molecule has 0 radical (unpaired) electrons. The van der Waals surface area contributed by atoms with Crippen molar-refractivity contribution in [2.24, 2.45) is 0 Å². The predicted octanol–water partition coefficient (Wildman–Crippen LogP) is 15.4. The first-order valence-electron chi connectivity index (χ1n) is 21.2. The van der Waals surface area contributed by atoms with Crippen LogP contribution in [0.3, 0.4) is 0 Å². The standard InChI is InChI=1S/C59H43N/c1-38-33-42(41-27-32-56-51(36-41)49-20-10-14-24-55(49)59(56)53-22-12-8-18-47(53)48-19-9-13-23-54(48)59)35-45(34-38)60(43-28-25-40(26-29-43)39-15-5-4-6-16-39)44-30-31-50-46-17-7-11-21-52(46)58(2,3)57(50)37-44/h4-37H,1-3H3. The first kappa shape index (κ1) is 34.8. The topological polar surface area (TPSA) is 3.24 Å². The summed E-state index contributed by atoms with van der Waals surface area (Å²) in [6, 6.07) is 77.2. The molecule has 9 aromatic carbocycles. The van der Waals surface area contributed by atoms with Gasteiger partial charge < -0.3 is 4.90 Å². The van der Waals surface area contributed by atoms with Crippen molar-refractivity contribution in [3.63, 3.8) is 0 Å². The van der Waals surface area contributed by atoms with E-state index in [9.17, 15) is 0 Å². The Kier molecular flexibility index (Phi) is 7.47. The fraction of sp³-hybridized carbons (Fsp3) is 0.0847. The van der Waals surface area contributed by atoms with E-state index in [4.69, 9.17) is 0 Å². The molecule has 0 atom stereocenters. The highest BCUT2D eigenvalue weighted by molar-refractivity contribution is 5.96. The predicted molar refractivity (Wildman–Crippen MR) is 251 cm³/mol. The molecular formula is C59H43N. The van der Waals surface area contributed by atoms with Crippen molar-refractivity contribution in [2.75, 3.05) is 4.90 Å². The molecule has 9 aromatic rings. The number of hydrogen-bond acceptors (Lipinski definition) is 1. The van der Waals surface area contributed by atoms with Gasteiger partial charge in [0.1, 0.15) is 0 Å². The molecule has 3 aliphatic carbocycles. The lowest BCUT2D eigenvalue weighted by molar-refractivity contribution is 0.660. The fourth-order valence-corrected chi connectivity index (χ4v) is 11.0. The molecule has 0 saturated heterocycles. The molecule has 1 spiro atoms. The Hall–Kier alpha value is -7.22. The van der Waals surface area contributed by atoms with Crippen molar-refractivity contribution in [2.45, 2.75) is 31.6 Å². The van der Waals surface area contributed by atoms with Crippen LogP contribution in [0.1, 0.15) is 52.8 Å². The Morgan fingerprint density at radius 2 is 0.783 bits per heavy atom. The van der Waals surface area contributed by atoms with Crippen LogP contribution in [0.2, 0.25) is 0 Å². The molecule has 12 rings (SSSR count). The Morgan fingerprint density at radius 3 is 1.43 bits per heavy atom. The number of fused-ring (bicyclic) bond motifs is 13. The number of benzene rings is 9. The van der Waals surface area contributed by atoms with Gasteiger partial charge in [-0.25, -0.2) is 0 Å². The van der Waals surface area contributed by atoms with Gasteiger partial charge in [-0.1, -0.05) is 178 Å². The Balaban J connectivity index is 1.02. The molecule has 0 fully saturated rings. The van der Waals surface area contributed by atoms with Crippen LogP contribution in [-0.4, -0.2) is 0 Å². The van der Waals surface area contributed by atoms with Gasteiger partial charge in [-0.3, -0.25) is 0 Å². The van der Waals surface area contributed by atoms with E-state index in [-0.39, 0.29) is 10.8 Å². The van der Waals surface area contributed by atoms with Gasteiger partial charge in [0.05, 0.1) is 5.41 Å². The summed E-state index contributed by atoms with van der Waals surface area (Å²) in [7, 11) is 0. The maximum atomic E-state index is 2.46. The third-order valence-corrected chi connectivity index (χ3v) is 13.7. The molecule has 3 aliphatic rings. The maximum Gasteiger partial charge on any atom is 0.0725 e. The van der Waals surface area contributed by atoms with Crippen LogP contribution < -0.4 is 4.90 Å². The molecule has 0 amide bonds. The minimum absolute atomic E-state index is 0.110. The average molecular weight is 766 g/mol. The number of rotatable bonds is 5. The first-order valence-corrected chi connectivity index (χ1v) is 21.2. The third-order valence-electron chi connectivity index (χ3n) is 13.7. The SMILES string of the molecule is Cc1cc(-c2ccc3c(c2)-c2ccccc2C32c3ccccc3-c3ccccc32)cc(N(c2ccc(-c3ccccc3)cc2)c2ccc3c(c2)C(C)(C)c2ccccc2-3)c1. The number of anilines is 3. The zero-order valence-electron chi connectivity index (χ0n) is 34.1. The van der Waals surface area contributed by atoms with E-state index in [1.165, 1.54) is 94.6 Å². The Morgan fingerprint density at radius 1 is 0.300 bits per heavy atom. The minimum Gasteiger partial charge on any atom is -0.310 e. The van der Waals surface area contributed by atoms with Gasteiger partial charge in [0.25, 0.3) is 0 Å². The molecule has 0 unspecified atom stereocenters.